The van der Waals surface area contributed by atoms with Crippen LogP contribution in [0.1, 0.15) is 33.3 Å². The molecule has 0 amide bonds. The molecule has 2 rings (SSSR count). The van der Waals surface area contributed by atoms with Gasteiger partial charge < -0.3 is 5.73 Å². The zero-order chi connectivity index (χ0) is 14.4. The first kappa shape index (κ1) is 14.0. The first-order chi connectivity index (χ1) is 8.69. The third-order valence-corrected chi connectivity index (χ3v) is 5.20. The van der Waals surface area contributed by atoms with Crippen molar-refractivity contribution in [1.29, 1.82) is 0 Å². The Morgan fingerprint density at radius 1 is 1.26 bits per heavy atom. The van der Waals surface area contributed by atoms with Gasteiger partial charge in [-0.2, -0.15) is 0 Å². The van der Waals surface area contributed by atoms with Crippen molar-refractivity contribution in [3.05, 3.63) is 39.9 Å². The Morgan fingerprint density at radius 3 is 2.26 bits per heavy atom. The quantitative estimate of drug-likeness (QED) is 0.669. The van der Waals surface area contributed by atoms with Crippen molar-refractivity contribution >= 4 is 5.69 Å². The second-order valence-corrected chi connectivity index (χ2v) is 6.67. The number of nitro groups is 1. The molecule has 1 saturated carbocycles. The molecule has 0 spiro atoms. The lowest BCUT2D eigenvalue weighted by atomic mass is 9.97. The Kier molecular flexibility index (Phi) is 3.17. The molecule has 0 aliphatic heterocycles. The monoisotopic (exact) mass is 262 g/mol. The zero-order valence-electron chi connectivity index (χ0n) is 12.0. The molecule has 1 aliphatic carbocycles. The Bertz CT molecular complexity index is 495. The first-order valence-corrected chi connectivity index (χ1v) is 6.67. The van der Waals surface area contributed by atoms with Gasteiger partial charge >= 0.3 is 0 Å². The number of rotatable bonds is 4. The molecule has 19 heavy (non-hydrogen) atoms. The lowest BCUT2D eigenvalue weighted by Gasteiger charge is -2.14. The summed E-state index contributed by atoms with van der Waals surface area (Å²) in [6.07, 6.45) is 0.564. The summed E-state index contributed by atoms with van der Waals surface area (Å²) in [5.41, 5.74) is 7.63. The smallest absolute Gasteiger partial charge is 0.272 e. The highest BCUT2D eigenvalue weighted by atomic mass is 16.6. The standard InChI is InChI=1S/C15H22N2O2/c1-14(2)13(15(14,3)4)11(16)9-10-7-5-6-8-12(10)17(18)19/h5-8,11,13H,9,16H2,1-4H3. The molecular formula is C15H22N2O2. The number of nitrogens with two attached hydrogens (primary N) is 1. The second kappa shape index (κ2) is 4.30. The SMILES string of the molecule is CC1(C)C(C(N)Cc2ccccc2[N+](=O)[O-])C1(C)C. The Labute approximate surface area is 114 Å². The molecule has 0 bridgehead atoms. The minimum absolute atomic E-state index is 0.0360. The van der Waals surface area contributed by atoms with E-state index in [1.165, 1.54) is 0 Å². The third kappa shape index (κ3) is 2.14. The van der Waals surface area contributed by atoms with Crippen LogP contribution in [0, 0.1) is 26.9 Å². The molecule has 1 unspecified atom stereocenters. The summed E-state index contributed by atoms with van der Waals surface area (Å²) in [6.45, 7) is 8.88. The van der Waals surface area contributed by atoms with Crippen LogP contribution in [0.4, 0.5) is 5.69 Å². The van der Waals surface area contributed by atoms with E-state index in [1.54, 1.807) is 18.2 Å². The van der Waals surface area contributed by atoms with Gasteiger partial charge in [-0.1, -0.05) is 45.9 Å². The molecule has 4 nitrogen and oxygen atoms in total. The van der Waals surface area contributed by atoms with Crippen LogP contribution in [-0.2, 0) is 6.42 Å². The lowest BCUT2D eigenvalue weighted by molar-refractivity contribution is -0.385. The fraction of sp³-hybridized carbons (Fsp3) is 0.600. The van der Waals surface area contributed by atoms with Gasteiger partial charge in [0.25, 0.3) is 5.69 Å². The molecule has 0 aromatic heterocycles. The molecule has 1 aromatic rings. The highest BCUT2D eigenvalue weighted by Gasteiger charge is 2.66. The molecule has 0 radical (unpaired) electrons. The van der Waals surface area contributed by atoms with Crippen LogP contribution in [0.25, 0.3) is 0 Å². The second-order valence-electron chi connectivity index (χ2n) is 6.67. The van der Waals surface area contributed by atoms with Crippen LogP contribution < -0.4 is 5.73 Å². The molecule has 2 N–H and O–H groups in total. The molecule has 0 heterocycles. The van der Waals surface area contributed by atoms with E-state index in [1.807, 2.05) is 6.07 Å². The van der Waals surface area contributed by atoms with Gasteiger partial charge in [-0.05, 0) is 23.2 Å². The van der Waals surface area contributed by atoms with Crippen molar-refractivity contribution in [2.24, 2.45) is 22.5 Å². The number of hydrogen-bond donors (Lipinski definition) is 1. The van der Waals surface area contributed by atoms with E-state index in [0.717, 1.165) is 5.56 Å². The topological polar surface area (TPSA) is 69.2 Å². The summed E-state index contributed by atoms with van der Waals surface area (Å²) in [5, 5.41) is 11.0. The van der Waals surface area contributed by atoms with Gasteiger partial charge in [0.2, 0.25) is 0 Å². The van der Waals surface area contributed by atoms with Gasteiger partial charge in [-0.3, -0.25) is 10.1 Å². The third-order valence-electron chi connectivity index (χ3n) is 5.20. The van der Waals surface area contributed by atoms with Gasteiger partial charge in [0, 0.05) is 17.7 Å². The van der Waals surface area contributed by atoms with Gasteiger partial charge in [-0.25, -0.2) is 0 Å². The fourth-order valence-corrected chi connectivity index (χ4v) is 3.55. The minimum atomic E-state index is -0.328. The lowest BCUT2D eigenvalue weighted by Crippen LogP contribution is -2.28. The summed E-state index contributed by atoms with van der Waals surface area (Å²) >= 11 is 0. The van der Waals surface area contributed by atoms with Crippen molar-refractivity contribution in [1.82, 2.24) is 0 Å². The number of hydrogen-bond acceptors (Lipinski definition) is 3. The van der Waals surface area contributed by atoms with E-state index >= 15 is 0 Å². The molecular weight excluding hydrogens is 240 g/mol. The zero-order valence-corrected chi connectivity index (χ0v) is 12.0. The Morgan fingerprint density at radius 2 is 1.79 bits per heavy atom. The Balaban J connectivity index is 2.18. The molecule has 1 atom stereocenters. The molecule has 1 aromatic carbocycles. The van der Waals surface area contributed by atoms with E-state index in [4.69, 9.17) is 5.73 Å². The van der Waals surface area contributed by atoms with Crippen molar-refractivity contribution < 1.29 is 4.92 Å². The fourth-order valence-electron chi connectivity index (χ4n) is 3.55. The van der Waals surface area contributed by atoms with E-state index in [9.17, 15) is 10.1 Å². The summed E-state index contributed by atoms with van der Waals surface area (Å²) in [4.78, 5) is 10.7. The predicted molar refractivity (Wildman–Crippen MR) is 75.8 cm³/mol. The average Bonchev–Trinajstić information content (AvgIpc) is 2.69. The normalized spacial score (nSPS) is 21.9. The van der Waals surface area contributed by atoms with Crippen molar-refractivity contribution in [3.8, 4) is 0 Å². The molecule has 104 valence electrons. The minimum Gasteiger partial charge on any atom is -0.327 e. The molecule has 0 saturated heterocycles. The van der Waals surface area contributed by atoms with E-state index in [-0.39, 0.29) is 27.5 Å². The summed E-state index contributed by atoms with van der Waals surface area (Å²) in [6, 6.07) is 6.84. The Hall–Kier alpha value is -1.42. The van der Waals surface area contributed by atoms with E-state index < -0.39 is 0 Å². The number of nitrogens with zero attached hydrogens (tertiary/aromatic N) is 1. The van der Waals surface area contributed by atoms with Crippen molar-refractivity contribution in [2.75, 3.05) is 0 Å². The maximum absolute atomic E-state index is 11.0. The van der Waals surface area contributed by atoms with Crippen molar-refractivity contribution in [2.45, 2.75) is 40.2 Å². The predicted octanol–water partition coefficient (Wildman–Crippen LogP) is 3.15. The van der Waals surface area contributed by atoms with Crippen LogP contribution in [0.2, 0.25) is 0 Å². The van der Waals surface area contributed by atoms with Gasteiger partial charge in [0.1, 0.15) is 0 Å². The summed E-state index contributed by atoms with van der Waals surface area (Å²) in [5.74, 6) is 0.403. The van der Waals surface area contributed by atoms with Crippen LogP contribution in [-0.4, -0.2) is 11.0 Å². The van der Waals surface area contributed by atoms with Crippen LogP contribution in [0.15, 0.2) is 24.3 Å². The maximum Gasteiger partial charge on any atom is 0.272 e. The van der Waals surface area contributed by atoms with Gasteiger partial charge in [-0.15, -0.1) is 0 Å². The van der Waals surface area contributed by atoms with Crippen LogP contribution >= 0.6 is 0 Å². The maximum atomic E-state index is 11.0. The van der Waals surface area contributed by atoms with E-state index in [2.05, 4.69) is 27.7 Å². The van der Waals surface area contributed by atoms with E-state index in [0.29, 0.717) is 12.3 Å². The average molecular weight is 262 g/mol. The highest BCUT2D eigenvalue weighted by Crippen LogP contribution is 2.69. The number of benzene rings is 1. The molecule has 1 aliphatic rings. The van der Waals surface area contributed by atoms with Crippen LogP contribution in [0.5, 0.6) is 0 Å². The molecule has 1 fully saturated rings. The van der Waals surface area contributed by atoms with Gasteiger partial charge in [0.05, 0.1) is 4.92 Å². The summed E-state index contributed by atoms with van der Waals surface area (Å²) in [7, 11) is 0. The number of nitro benzene ring substituents is 1. The van der Waals surface area contributed by atoms with Crippen molar-refractivity contribution in [3.63, 3.8) is 0 Å². The van der Waals surface area contributed by atoms with Crippen LogP contribution in [0.3, 0.4) is 0 Å². The first-order valence-electron chi connectivity index (χ1n) is 6.67. The van der Waals surface area contributed by atoms with Gasteiger partial charge in [0.15, 0.2) is 0 Å². The largest absolute Gasteiger partial charge is 0.327 e. The highest BCUT2D eigenvalue weighted by molar-refractivity contribution is 5.40. The molecule has 4 heteroatoms. The number of para-hydroxylation sites is 1. The summed E-state index contributed by atoms with van der Waals surface area (Å²) < 4.78 is 0.